The molecule has 1 unspecified atom stereocenters. The molecule has 2 rings (SSSR count). The monoisotopic (exact) mass is 411 g/mol. The van der Waals surface area contributed by atoms with E-state index in [1.165, 1.54) is 36.4 Å². The van der Waals surface area contributed by atoms with Crippen molar-refractivity contribution in [3.8, 4) is 11.5 Å². The van der Waals surface area contributed by atoms with E-state index in [-0.39, 0.29) is 17.2 Å². The van der Waals surface area contributed by atoms with Gasteiger partial charge in [0, 0.05) is 12.1 Å². The van der Waals surface area contributed by atoms with Crippen molar-refractivity contribution in [2.24, 2.45) is 0 Å². The Morgan fingerprint density at radius 2 is 1.61 bits per heavy atom. The SMILES string of the molecule is CC(C)OC(=O)OCOP(=O)(Oc1ccccc1)Oc1ccc([N+](=O)[O-])cc1. The molecule has 0 aliphatic heterocycles. The van der Waals surface area contributed by atoms with Crippen LogP contribution < -0.4 is 9.05 Å². The van der Waals surface area contributed by atoms with Crippen LogP contribution in [0.25, 0.3) is 0 Å². The molecule has 2 aromatic carbocycles. The number of nitro benzene ring substituents is 1. The summed E-state index contributed by atoms with van der Waals surface area (Å²) in [5.41, 5.74) is -0.174. The maximum Gasteiger partial charge on any atom is 0.590 e. The van der Waals surface area contributed by atoms with E-state index >= 15 is 0 Å². The summed E-state index contributed by atoms with van der Waals surface area (Å²) in [6, 6.07) is 12.8. The molecule has 150 valence electrons. The molecule has 0 bridgehead atoms. The molecule has 0 radical (unpaired) electrons. The van der Waals surface area contributed by atoms with Gasteiger partial charge in [0.25, 0.3) is 5.69 Å². The first-order valence-electron chi connectivity index (χ1n) is 8.04. The second-order valence-corrected chi connectivity index (χ2v) is 7.02. The number of phosphoric ester groups is 1. The Kier molecular flexibility index (Phi) is 7.36. The average molecular weight is 411 g/mol. The number of nitrogens with zero attached hydrogens (tertiary/aromatic N) is 1. The summed E-state index contributed by atoms with van der Waals surface area (Å²) in [6.07, 6.45) is -1.42. The molecular formula is C17H18NO9P. The summed E-state index contributed by atoms with van der Waals surface area (Å²) in [5.74, 6) is 0.173. The van der Waals surface area contributed by atoms with Gasteiger partial charge in [0.1, 0.15) is 11.5 Å². The van der Waals surface area contributed by atoms with E-state index in [9.17, 15) is 19.5 Å². The highest BCUT2D eigenvalue weighted by molar-refractivity contribution is 7.49. The molecule has 0 spiro atoms. The predicted octanol–water partition coefficient (Wildman–Crippen LogP) is 4.70. The Bertz CT molecular complexity index is 839. The van der Waals surface area contributed by atoms with E-state index in [4.69, 9.17) is 18.3 Å². The Hall–Kier alpha value is -3.10. The van der Waals surface area contributed by atoms with Crippen molar-refractivity contribution in [1.82, 2.24) is 0 Å². The standard InChI is InChI=1S/C17H18NO9P/c1-13(2)25-17(19)23-12-24-28(22,26-15-6-4-3-5-7-15)27-16-10-8-14(9-11-16)18(20)21/h3-11,13H,12H2,1-2H3. The minimum Gasteiger partial charge on any atom is -0.432 e. The number of rotatable bonds is 9. The Morgan fingerprint density at radius 1 is 1.04 bits per heavy atom. The maximum atomic E-state index is 12.9. The summed E-state index contributed by atoms with van der Waals surface area (Å²) in [5, 5.41) is 10.7. The highest BCUT2D eigenvalue weighted by Crippen LogP contribution is 2.49. The van der Waals surface area contributed by atoms with Gasteiger partial charge in [0.05, 0.1) is 11.0 Å². The topological polar surface area (TPSA) is 123 Å². The molecule has 0 fully saturated rings. The average Bonchev–Trinajstić information content (AvgIpc) is 2.62. The number of benzene rings is 2. The molecule has 0 aliphatic rings. The first kappa shape index (κ1) is 21.2. The third-order valence-electron chi connectivity index (χ3n) is 2.94. The van der Waals surface area contributed by atoms with E-state index in [1.54, 1.807) is 32.0 Å². The normalized spacial score (nSPS) is 12.7. The van der Waals surface area contributed by atoms with Crippen LogP contribution in [0.2, 0.25) is 0 Å². The van der Waals surface area contributed by atoms with Crippen molar-refractivity contribution in [2.75, 3.05) is 6.79 Å². The minimum atomic E-state index is -4.30. The lowest BCUT2D eigenvalue weighted by molar-refractivity contribution is -0.384. The molecule has 0 heterocycles. The first-order chi connectivity index (χ1) is 13.3. The Balaban J connectivity index is 2.10. The fraction of sp³-hybridized carbons (Fsp3) is 0.235. The van der Waals surface area contributed by atoms with Crippen molar-refractivity contribution < 1.29 is 37.3 Å². The lowest BCUT2D eigenvalue weighted by Gasteiger charge is -2.19. The molecule has 28 heavy (non-hydrogen) atoms. The predicted molar refractivity (Wildman–Crippen MR) is 97.1 cm³/mol. The zero-order valence-electron chi connectivity index (χ0n) is 15.0. The molecule has 0 aromatic heterocycles. The quantitative estimate of drug-likeness (QED) is 0.190. The van der Waals surface area contributed by atoms with Crippen LogP contribution in [0.15, 0.2) is 54.6 Å². The number of carbonyl (C=O) groups is 1. The van der Waals surface area contributed by atoms with Gasteiger partial charge in [0.15, 0.2) is 0 Å². The van der Waals surface area contributed by atoms with Gasteiger partial charge in [-0.2, -0.15) is 0 Å². The molecule has 10 nitrogen and oxygen atoms in total. The van der Waals surface area contributed by atoms with Crippen molar-refractivity contribution in [3.05, 3.63) is 64.7 Å². The summed E-state index contributed by atoms with van der Waals surface area (Å²) in [6.45, 7) is 2.50. The van der Waals surface area contributed by atoms with Gasteiger partial charge in [-0.3, -0.25) is 10.1 Å². The van der Waals surface area contributed by atoms with Crippen LogP contribution in [-0.4, -0.2) is 24.0 Å². The van der Waals surface area contributed by atoms with Crippen LogP contribution in [0.3, 0.4) is 0 Å². The number of nitro groups is 1. The zero-order valence-corrected chi connectivity index (χ0v) is 15.9. The summed E-state index contributed by atoms with van der Waals surface area (Å²) >= 11 is 0. The minimum absolute atomic E-state index is 0.00498. The van der Waals surface area contributed by atoms with Crippen LogP contribution in [0.5, 0.6) is 11.5 Å². The maximum absolute atomic E-state index is 12.9. The van der Waals surface area contributed by atoms with Crippen LogP contribution in [0.4, 0.5) is 10.5 Å². The molecule has 1 atom stereocenters. The lowest BCUT2D eigenvalue weighted by Crippen LogP contribution is -2.15. The largest absolute Gasteiger partial charge is 0.590 e. The molecule has 0 N–H and O–H groups in total. The van der Waals surface area contributed by atoms with Crippen molar-refractivity contribution in [3.63, 3.8) is 0 Å². The number of hydrogen-bond donors (Lipinski definition) is 0. The summed E-state index contributed by atoms with van der Waals surface area (Å²) < 4.78 is 37.9. The van der Waals surface area contributed by atoms with Gasteiger partial charge in [-0.05, 0) is 38.1 Å². The fourth-order valence-electron chi connectivity index (χ4n) is 1.81. The number of hydrogen-bond acceptors (Lipinski definition) is 9. The van der Waals surface area contributed by atoms with Crippen LogP contribution in [0, 0.1) is 10.1 Å². The van der Waals surface area contributed by atoms with Gasteiger partial charge in [-0.1, -0.05) is 18.2 Å². The third-order valence-corrected chi connectivity index (χ3v) is 4.24. The molecule has 0 saturated heterocycles. The number of phosphoric acid groups is 1. The second-order valence-electron chi connectivity index (χ2n) is 5.50. The van der Waals surface area contributed by atoms with E-state index in [2.05, 4.69) is 4.74 Å². The van der Waals surface area contributed by atoms with Gasteiger partial charge >= 0.3 is 14.0 Å². The molecule has 0 aliphatic carbocycles. The van der Waals surface area contributed by atoms with Crippen LogP contribution in [-0.2, 0) is 18.6 Å². The summed E-state index contributed by atoms with van der Waals surface area (Å²) in [7, 11) is -4.30. The molecular weight excluding hydrogens is 393 g/mol. The van der Waals surface area contributed by atoms with E-state index in [0.717, 1.165) is 0 Å². The van der Waals surface area contributed by atoms with Crippen molar-refractivity contribution in [2.45, 2.75) is 20.0 Å². The van der Waals surface area contributed by atoms with Gasteiger partial charge in [-0.25, -0.2) is 13.9 Å². The summed E-state index contributed by atoms with van der Waals surface area (Å²) in [4.78, 5) is 21.5. The van der Waals surface area contributed by atoms with Gasteiger partial charge < -0.3 is 18.5 Å². The molecule has 11 heteroatoms. The smallest absolute Gasteiger partial charge is 0.432 e. The molecule has 0 saturated carbocycles. The fourth-order valence-corrected chi connectivity index (χ4v) is 2.89. The first-order valence-corrected chi connectivity index (χ1v) is 9.50. The van der Waals surface area contributed by atoms with Crippen molar-refractivity contribution >= 4 is 19.7 Å². The zero-order chi connectivity index (χ0) is 20.6. The number of carbonyl (C=O) groups excluding carboxylic acids is 1. The third kappa shape index (κ3) is 6.90. The highest BCUT2D eigenvalue weighted by atomic mass is 31.2. The number of non-ortho nitro benzene ring substituents is 1. The highest BCUT2D eigenvalue weighted by Gasteiger charge is 2.32. The van der Waals surface area contributed by atoms with Crippen molar-refractivity contribution in [1.29, 1.82) is 0 Å². The lowest BCUT2D eigenvalue weighted by atomic mass is 10.3. The van der Waals surface area contributed by atoms with E-state index in [0.29, 0.717) is 0 Å². The Labute approximate surface area is 160 Å². The molecule has 0 amide bonds. The molecule has 2 aromatic rings. The van der Waals surface area contributed by atoms with Crippen LogP contribution in [0.1, 0.15) is 13.8 Å². The Morgan fingerprint density at radius 3 is 2.14 bits per heavy atom. The van der Waals surface area contributed by atoms with Crippen LogP contribution >= 0.6 is 7.82 Å². The van der Waals surface area contributed by atoms with E-state index in [1.807, 2.05) is 0 Å². The number of ether oxygens (including phenoxy) is 2. The van der Waals surface area contributed by atoms with Gasteiger partial charge in [-0.15, -0.1) is 0 Å². The van der Waals surface area contributed by atoms with E-state index < -0.39 is 31.8 Å². The number of para-hydroxylation sites is 1. The second kappa shape index (κ2) is 9.72. The van der Waals surface area contributed by atoms with Gasteiger partial charge in [0.2, 0.25) is 6.79 Å².